The number of aryl methyl sites for hydroxylation is 2. The summed E-state index contributed by atoms with van der Waals surface area (Å²) >= 11 is 0. The van der Waals surface area contributed by atoms with Gasteiger partial charge in [0.05, 0.1) is 6.26 Å². The first-order chi connectivity index (χ1) is 13.6. The zero-order chi connectivity index (χ0) is 21.4. The van der Waals surface area contributed by atoms with Crippen LogP contribution in [0.1, 0.15) is 16.7 Å². The highest BCUT2D eigenvalue weighted by Crippen LogP contribution is 2.16. The SMILES string of the molecule is Cc1cc(C)cc(OCC(=O)NNC(=O)/C=C/c2ccc(NS(C)(=O)=O)cc2)c1. The van der Waals surface area contributed by atoms with Crippen LogP contribution in [0.4, 0.5) is 5.69 Å². The molecular weight excluding hydrogens is 394 g/mol. The van der Waals surface area contributed by atoms with Crippen LogP contribution in [-0.2, 0) is 19.6 Å². The number of nitrogens with one attached hydrogen (secondary N) is 3. The molecule has 0 bridgehead atoms. The standard InChI is InChI=1S/C20H23N3O5S/c1-14-10-15(2)12-18(11-14)28-13-20(25)22-21-19(24)9-6-16-4-7-17(8-5-16)23-29(3,26)27/h4-12,23H,13H2,1-3H3,(H,21,24)(H,22,25)/b9-6+. The molecule has 9 heteroatoms. The maximum atomic E-state index is 11.8. The van der Waals surface area contributed by atoms with E-state index in [0.29, 0.717) is 17.0 Å². The van der Waals surface area contributed by atoms with Crippen LogP contribution in [0.25, 0.3) is 6.08 Å². The van der Waals surface area contributed by atoms with Crippen LogP contribution >= 0.6 is 0 Å². The first-order valence-electron chi connectivity index (χ1n) is 8.66. The lowest BCUT2D eigenvalue weighted by Gasteiger charge is -2.09. The van der Waals surface area contributed by atoms with Crippen LogP contribution in [0, 0.1) is 13.8 Å². The van der Waals surface area contributed by atoms with E-state index in [1.165, 1.54) is 12.2 Å². The zero-order valence-electron chi connectivity index (χ0n) is 16.4. The highest BCUT2D eigenvalue weighted by atomic mass is 32.2. The number of hydrogen-bond donors (Lipinski definition) is 3. The van der Waals surface area contributed by atoms with E-state index in [9.17, 15) is 18.0 Å². The van der Waals surface area contributed by atoms with Gasteiger partial charge in [-0.25, -0.2) is 8.42 Å². The van der Waals surface area contributed by atoms with Gasteiger partial charge >= 0.3 is 0 Å². The molecule has 0 spiro atoms. The molecule has 2 aromatic carbocycles. The second-order valence-electron chi connectivity index (χ2n) is 6.48. The fraction of sp³-hybridized carbons (Fsp3) is 0.200. The molecule has 0 atom stereocenters. The summed E-state index contributed by atoms with van der Waals surface area (Å²) in [5, 5.41) is 0. The summed E-state index contributed by atoms with van der Waals surface area (Å²) in [6, 6.07) is 12.1. The van der Waals surface area contributed by atoms with Crippen molar-refractivity contribution in [3.8, 4) is 5.75 Å². The van der Waals surface area contributed by atoms with E-state index in [1.807, 2.05) is 32.0 Å². The molecule has 29 heavy (non-hydrogen) atoms. The second kappa shape index (κ2) is 9.74. The number of ether oxygens (including phenoxy) is 1. The molecule has 0 heterocycles. The van der Waals surface area contributed by atoms with E-state index in [2.05, 4.69) is 15.6 Å². The second-order valence-corrected chi connectivity index (χ2v) is 8.23. The minimum absolute atomic E-state index is 0.234. The number of benzene rings is 2. The predicted molar refractivity (Wildman–Crippen MR) is 112 cm³/mol. The van der Waals surface area contributed by atoms with Crippen molar-refractivity contribution in [3.05, 3.63) is 65.2 Å². The number of hydrogen-bond acceptors (Lipinski definition) is 5. The Morgan fingerprint density at radius 1 is 1.00 bits per heavy atom. The van der Waals surface area contributed by atoms with E-state index in [0.717, 1.165) is 17.4 Å². The van der Waals surface area contributed by atoms with Crippen LogP contribution in [0.3, 0.4) is 0 Å². The van der Waals surface area contributed by atoms with Gasteiger partial charge in [0.25, 0.3) is 11.8 Å². The summed E-state index contributed by atoms with van der Waals surface area (Å²) in [7, 11) is -3.34. The third-order valence-electron chi connectivity index (χ3n) is 3.53. The Kier molecular flexibility index (Phi) is 7.38. The fourth-order valence-corrected chi connectivity index (χ4v) is 2.99. The van der Waals surface area contributed by atoms with Crippen LogP contribution in [0.5, 0.6) is 5.75 Å². The zero-order valence-corrected chi connectivity index (χ0v) is 17.2. The topological polar surface area (TPSA) is 114 Å². The molecule has 2 aromatic rings. The summed E-state index contributed by atoms with van der Waals surface area (Å²) in [5.41, 5.74) is 7.68. The Hall–Kier alpha value is -3.33. The monoisotopic (exact) mass is 417 g/mol. The fourth-order valence-electron chi connectivity index (χ4n) is 2.42. The number of rotatable bonds is 7. The van der Waals surface area contributed by atoms with Crippen molar-refractivity contribution in [2.45, 2.75) is 13.8 Å². The number of carbonyl (C=O) groups excluding carboxylic acids is 2. The summed E-state index contributed by atoms with van der Waals surface area (Å²) < 4.78 is 30.1. The molecule has 8 nitrogen and oxygen atoms in total. The van der Waals surface area contributed by atoms with Crippen molar-refractivity contribution >= 4 is 33.6 Å². The lowest BCUT2D eigenvalue weighted by Crippen LogP contribution is -2.43. The molecular formula is C20H23N3O5S. The van der Waals surface area contributed by atoms with Crippen LogP contribution in [-0.4, -0.2) is 33.1 Å². The highest BCUT2D eigenvalue weighted by molar-refractivity contribution is 7.92. The smallest absolute Gasteiger partial charge is 0.276 e. The number of hydrazine groups is 1. The highest BCUT2D eigenvalue weighted by Gasteiger charge is 2.05. The molecule has 0 fully saturated rings. The van der Waals surface area contributed by atoms with E-state index in [-0.39, 0.29) is 6.61 Å². The first-order valence-corrected chi connectivity index (χ1v) is 10.6. The summed E-state index contributed by atoms with van der Waals surface area (Å²) in [6.07, 6.45) is 3.83. The third-order valence-corrected chi connectivity index (χ3v) is 4.14. The van der Waals surface area contributed by atoms with Gasteiger partial charge in [-0.15, -0.1) is 0 Å². The molecule has 2 amide bonds. The van der Waals surface area contributed by atoms with Crippen molar-refractivity contribution in [1.29, 1.82) is 0 Å². The van der Waals surface area contributed by atoms with Gasteiger partial charge in [0.1, 0.15) is 5.75 Å². The van der Waals surface area contributed by atoms with Gasteiger partial charge in [-0.3, -0.25) is 25.2 Å². The van der Waals surface area contributed by atoms with Crippen molar-refractivity contribution in [2.24, 2.45) is 0 Å². The summed E-state index contributed by atoms with van der Waals surface area (Å²) in [4.78, 5) is 23.6. The average molecular weight is 417 g/mol. The van der Waals surface area contributed by atoms with Crippen molar-refractivity contribution in [3.63, 3.8) is 0 Å². The van der Waals surface area contributed by atoms with Crippen LogP contribution < -0.4 is 20.3 Å². The molecule has 3 N–H and O–H groups in total. The summed E-state index contributed by atoms with van der Waals surface area (Å²) in [5.74, 6) is -0.442. The maximum Gasteiger partial charge on any atom is 0.276 e. The number of sulfonamides is 1. The van der Waals surface area contributed by atoms with Crippen molar-refractivity contribution in [1.82, 2.24) is 10.9 Å². The third kappa shape index (κ3) is 8.48. The van der Waals surface area contributed by atoms with Gasteiger partial charge in [0.15, 0.2) is 6.61 Å². The Bertz CT molecular complexity index is 995. The normalized spacial score (nSPS) is 11.1. The quantitative estimate of drug-likeness (QED) is 0.470. The Morgan fingerprint density at radius 3 is 2.21 bits per heavy atom. The minimum Gasteiger partial charge on any atom is -0.484 e. The Morgan fingerprint density at radius 2 is 1.62 bits per heavy atom. The molecule has 154 valence electrons. The molecule has 2 rings (SSSR count). The van der Waals surface area contributed by atoms with E-state index < -0.39 is 21.8 Å². The number of carbonyl (C=O) groups is 2. The van der Waals surface area contributed by atoms with E-state index in [1.54, 1.807) is 24.3 Å². The van der Waals surface area contributed by atoms with Crippen LogP contribution in [0.2, 0.25) is 0 Å². The number of amides is 2. The van der Waals surface area contributed by atoms with Gasteiger partial charge in [-0.05, 0) is 60.9 Å². The lowest BCUT2D eigenvalue weighted by molar-refractivity contribution is -0.128. The molecule has 0 aliphatic rings. The molecule has 0 unspecified atom stereocenters. The van der Waals surface area contributed by atoms with Gasteiger partial charge in [-0.2, -0.15) is 0 Å². The molecule has 0 saturated carbocycles. The largest absolute Gasteiger partial charge is 0.484 e. The maximum absolute atomic E-state index is 11.8. The van der Waals surface area contributed by atoms with Crippen molar-refractivity contribution < 1.29 is 22.7 Å². The Labute approximate surface area is 170 Å². The first kappa shape index (κ1) is 22.0. The van der Waals surface area contributed by atoms with Crippen LogP contribution in [0.15, 0.2) is 48.5 Å². The molecule has 0 aliphatic heterocycles. The van der Waals surface area contributed by atoms with Crippen molar-refractivity contribution in [2.75, 3.05) is 17.6 Å². The van der Waals surface area contributed by atoms with Gasteiger partial charge < -0.3 is 4.74 Å². The van der Waals surface area contributed by atoms with Gasteiger partial charge in [0, 0.05) is 11.8 Å². The lowest BCUT2D eigenvalue weighted by atomic mass is 10.1. The number of anilines is 1. The Balaban J connectivity index is 1.77. The molecule has 0 saturated heterocycles. The van der Waals surface area contributed by atoms with Gasteiger partial charge in [-0.1, -0.05) is 18.2 Å². The average Bonchev–Trinajstić information content (AvgIpc) is 2.62. The predicted octanol–water partition coefficient (Wildman–Crippen LogP) is 1.91. The molecule has 0 radical (unpaired) electrons. The molecule has 0 aromatic heterocycles. The van der Waals surface area contributed by atoms with E-state index >= 15 is 0 Å². The minimum atomic E-state index is -3.34. The molecule has 0 aliphatic carbocycles. The summed E-state index contributed by atoms with van der Waals surface area (Å²) in [6.45, 7) is 3.63. The van der Waals surface area contributed by atoms with E-state index in [4.69, 9.17) is 4.74 Å². The van der Waals surface area contributed by atoms with Gasteiger partial charge in [0.2, 0.25) is 10.0 Å².